The van der Waals surface area contributed by atoms with Gasteiger partial charge in [0.05, 0.1) is 130 Å². The number of amides is 4. The van der Waals surface area contributed by atoms with Gasteiger partial charge in [-0.15, -0.1) is 35.1 Å². The first-order valence-corrected chi connectivity index (χ1v) is 31.2. The number of likely N-dealkylation sites (tertiary alicyclic amines) is 2. The number of carbonyl (C=O) groups excluding carboxylic acids is 5. The van der Waals surface area contributed by atoms with Crippen LogP contribution in [0.15, 0.2) is 59.6 Å². The third kappa shape index (κ3) is 24.6. The van der Waals surface area contributed by atoms with Crippen LogP contribution in [0.4, 0.5) is 0 Å². The van der Waals surface area contributed by atoms with Gasteiger partial charge in [0.1, 0.15) is 18.7 Å². The first kappa shape index (κ1) is 73.6. The second kappa shape index (κ2) is 37.9. The van der Waals surface area contributed by atoms with Crippen molar-refractivity contribution in [3.8, 4) is 20.9 Å². The topological polar surface area (TPSA) is 273 Å². The van der Waals surface area contributed by atoms with E-state index in [0.717, 1.165) is 56.4 Å². The predicted octanol–water partition coefficient (Wildman–Crippen LogP) is 6.34. The molecule has 0 unspecified atom stereocenters. The number of carbonyl (C=O) groups is 5. The number of ketones is 1. The summed E-state index contributed by atoms with van der Waals surface area (Å²) >= 11 is 3.18. The van der Waals surface area contributed by atoms with E-state index in [-0.39, 0.29) is 93.9 Å². The van der Waals surface area contributed by atoms with Crippen LogP contribution in [-0.2, 0) is 70.2 Å². The number of Topliss-reactive ketones (excluding diaryl/α,β-unsaturated/α-hetero) is 1. The van der Waals surface area contributed by atoms with Gasteiger partial charge in [0.15, 0.2) is 5.78 Å². The SMILES string of the molecule is CCCOCCOCCOCCOCCOCCOCCOCC(=O)C[C@H](C(=O)N1C[C@H](O)C[C@H]1C(=O)NCc1ccc(-c2scnc2C)cc1)C(C)(C)C.Cc1ncsc1-c1ccc(CNC(=O)[C@@H]2C[C@@H](O)CN2C(=O)[C@@H](N)C(C)(C)C)cc1.Cl. The van der Waals surface area contributed by atoms with Crippen LogP contribution in [-0.4, -0.2) is 195 Å². The van der Waals surface area contributed by atoms with Gasteiger partial charge in [-0.2, -0.15) is 0 Å². The number of benzene rings is 2. The highest BCUT2D eigenvalue weighted by Gasteiger charge is 2.45. The number of halogens is 1. The number of thiazole rings is 2. The fraction of sp³-hybridized carbons (Fsp3) is 0.629. The van der Waals surface area contributed by atoms with E-state index in [4.69, 9.17) is 38.9 Å². The number of nitrogens with zero attached hydrogens (tertiary/aromatic N) is 4. The van der Waals surface area contributed by atoms with Gasteiger partial charge in [-0.05, 0) is 53.4 Å². The molecule has 2 fully saturated rings. The van der Waals surface area contributed by atoms with E-state index in [1.807, 2.05) is 115 Å². The summed E-state index contributed by atoms with van der Waals surface area (Å²) < 4.78 is 38.3. The van der Waals surface area contributed by atoms with E-state index >= 15 is 0 Å². The molecule has 4 aromatic rings. The Morgan fingerprint density at radius 2 is 0.942 bits per heavy atom. The van der Waals surface area contributed by atoms with Crippen LogP contribution in [0, 0.1) is 30.6 Å². The van der Waals surface area contributed by atoms with E-state index in [1.54, 1.807) is 22.7 Å². The fourth-order valence-electron chi connectivity index (χ4n) is 9.38. The lowest BCUT2D eigenvalue weighted by Crippen LogP contribution is -2.54. The highest BCUT2D eigenvalue weighted by Crippen LogP contribution is 2.34. The Labute approximate surface area is 522 Å². The predicted molar refractivity (Wildman–Crippen MR) is 334 cm³/mol. The molecule has 2 saturated heterocycles. The minimum atomic E-state index is -0.831. The lowest BCUT2D eigenvalue weighted by Gasteiger charge is -2.34. The molecule has 4 amide bonds. The van der Waals surface area contributed by atoms with Gasteiger partial charge in [0.25, 0.3) is 0 Å². The smallest absolute Gasteiger partial charge is 0.243 e. The maximum Gasteiger partial charge on any atom is 0.243 e. The molecule has 24 heteroatoms. The maximum atomic E-state index is 13.9. The van der Waals surface area contributed by atoms with Crippen molar-refractivity contribution in [2.24, 2.45) is 22.5 Å². The molecule has 6 N–H and O–H groups in total. The molecule has 0 bridgehead atoms. The average molecular weight is 1260 g/mol. The first-order valence-electron chi connectivity index (χ1n) is 29.4. The molecule has 6 atom stereocenters. The summed E-state index contributed by atoms with van der Waals surface area (Å²) in [6.07, 6.45) is -0.236. The van der Waals surface area contributed by atoms with Crippen molar-refractivity contribution in [3.63, 3.8) is 0 Å². The molecule has 0 spiro atoms. The van der Waals surface area contributed by atoms with Gasteiger partial charge in [-0.1, -0.05) is 97.0 Å². The normalized spacial score (nSPS) is 17.6. The number of nitrogens with one attached hydrogen (secondary N) is 2. The average Bonchev–Trinajstić information content (AvgIpc) is 3.55. The van der Waals surface area contributed by atoms with Crippen LogP contribution in [0.25, 0.3) is 20.9 Å². The van der Waals surface area contributed by atoms with E-state index in [1.165, 1.54) is 9.80 Å². The van der Waals surface area contributed by atoms with Crippen molar-refractivity contribution in [2.45, 2.75) is 131 Å². The largest absolute Gasteiger partial charge is 0.391 e. The highest BCUT2D eigenvalue weighted by atomic mass is 35.5. The van der Waals surface area contributed by atoms with Gasteiger partial charge in [0.2, 0.25) is 23.6 Å². The number of aliphatic hydroxyl groups excluding tert-OH is 2. The summed E-state index contributed by atoms with van der Waals surface area (Å²) in [6, 6.07) is 13.6. The summed E-state index contributed by atoms with van der Waals surface area (Å²) in [4.78, 5) is 79.5. The van der Waals surface area contributed by atoms with Gasteiger partial charge < -0.3 is 69.5 Å². The maximum absolute atomic E-state index is 13.9. The van der Waals surface area contributed by atoms with Gasteiger partial charge in [0, 0.05) is 58.0 Å². The molecular formula is C62H94ClN7O14S2. The van der Waals surface area contributed by atoms with E-state index in [0.29, 0.717) is 79.2 Å². The molecular weight excluding hydrogens is 1170 g/mol. The summed E-state index contributed by atoms with van der Waals surface area (Å²) in [6.45, 7) is 24.1. The molecule has 0 aliphatic carbocycles. The van der Waals surface area contributed by atoms with E-state index in [2.05, 4.69) is 27.5 Å². The van der Waals surface area contributed by atoms with Crippen LogP contribution in [0.1, 0.15) is 96.7 Å². The second-order valence-corrected chi connectivity index (χ2v) is 25.1. The van der Waals surface area contributed by atoms with Crippen molar-refractivity contribution in [1.82, 2.24) is 30.4 Å². The zero-order valence-electron chi connectivity index (χ0n) is 51.7. The summed E-state index contributed by atoms with van der Waals surface area (Å²) in [5, 5.41) is 26.4. The Kier molecular flexibility index (Phi) is 32.4. The number of hydrogen-bond acceptors (Lipinski definition) is 19. The number of aromatic nitrogens is 2. The Balaban J connectivity index is 0.000000429. The molecule has 2 aliphatic heterocycles. The number of ether oxygens (including phenoxy) is 7. The monoisotopic (exact) mass is 1260 g/mol. The Morgan fingerprint density at radius 1 is 0.581 bits per heavy atom. The number of hydrogen-bond donors (Lipinski definition) is 5. The van der Waals surface area contributed by atoms with Crippen LogP contribution < -0.4 is 16.4 Å². The van der Waals surface area contributed by atoms with Crippen LogP contribution >= 0.6 is 35.1 Å². The molecule has 21 nitrogen and oxygen atoms in total. The lowest BCUT2D eigenvalue weighted by atomic mass is 9.77. The molecule has 2 aliphatic rings. The summed E-state index contributed by atoms with van der Waals surface area (Å²) in [5.41, 5.74) is 14.7. The zero-order chi connectivity index (χ0) is 61.9. The summed E-state index contributed by atoms with van der Waals surface area (Å²) in [7, 11) is 0. The van der Waals surface area contributed by atoms with Crippen molar-refractivity contribution in [2.75, 3.05) is 106 Å². The van der Waals surface area contributed by atoms with Crippen molar-refractivity contribution >= 4 is 64.5 Å². The van der Waals surface area contributed by atoms with Crippen LogP contribution in [0.2, 0.25) is 0 Å². The minimum absolute atomic E-state index is 0. The van der Waals surface area contributed by atoms with E-state index in [9.17, 15) is 34.2 Å². The van der Waals surface area contributed by atoms with Gasteiger partial charge in [-0.25, -0.2) is 9.97 Å². The van der Waals surface area contributed by atoms with Crippen molar-refractivity contribution in [1.29, 1.82) is 0 Å². The molecule has 4 heterocycles. The number of rotatable bonds is 34. The molecule has 86 heavy (non-hydrogen) atoms. The van der Waals surface area contributed by atoms with Gasteiger partial charge in [-0.3, -0.25) is 24.0 Å². The molecule has 0 radical (unpaired) electrons. The van der Waals surface area contributed by atoms with Crippen molar-refractivity contribution < 1.29 is 67.3 Å². The van der Waals surface area contributed by atoms with E-state index < -0.39 is 47.1 Å². The highest BCUT2D eigenvalue weighted by molar-refractivity contribution is 7.13. The lowest BCUT2D eigenvalue weighted by molar-refractivity contribution is -0.146. The number of aliphatic hydroxyl groups is 2. The van der Waals surface area contributed by atoms with Gasteiger partial charge >= 0.3 is 0 Å². The molecule has 480 valence electrons. The summed E-state index contributed by atoms with van der Waals surface area (Å²) in [5.74, 6) is -2.16. The number of aryl methyl sites for hydroxylation is 2. The third-order valence-corrected chi connectivity index (χ3v) is 16.4. The first-order chi connectivity index (χ1) is 40.6. The van der Waals surface area contributed by atoms with Crippen LogP contribution in [0.5, 0.6) is 0 Å². The second-order valence-electron chi connectivity index (χ2n) is 23.4. The fourth-order valence-corrected chi connectivity index (χ4v) is 11.0. The molecule has 6 rings (SSSR count). The Bertz CT molecular complexity index is 2650. The zero-order valence-corrected chi connectivity index (χ0v) is 54.1. The number of nitrogens with two attached hydrogens (primary N) is 1. The van der Waals surface area contributed by atoms with Crippen molar-refractivity contribution in [3.05, 3.63) is 82.1 Å². The molecule has 2 aromatic carbocycles. The Morgan fingerprint density at radius 3 is 1.28 bits per heavy atom. The Hall–Kier alpha value is -4.86. The standard InChI is InChI=1S/C40H63N3O11S.C22H30N4O3S.ClH/c1-6-11-48-12-13-49-14-15-50-16-17-51-18-19-52-20-21-53-22-23-54-28-34(45)24-35(40(3,4)5)39(47)43-27-33(44)25-36(43)38(46)41-26-31-7-9-32(10-8-31)37-30(2)42-29-55-37;1-13-18(30-12-25-13)15-7-5-14(6-8-15)10-24-20(28)17-9-16(27)11-26(17)21(29)19(23)22(2,3)4;/h7-10,29,33,35-36,44H,6,11-28H2,1-5H3,(H,41,46);5-8,12,16-17,19,27H,9-11,23H2,1-4H3,(H,24,28);1H/t33-,35-,36+;16-,17+,19-;/m11./s1. The van der Waals surface area contributed by atoms with Crippen LogP contribution in [0.3, 0.4) is 0 Å². The minimum Gasteiger partial charge on any atom is -0.391 e. The quantitative estimate of drug-likeness (QED) is 0.0319. The molecule has 2 aromatic heterocycles. The molecule has 0 saturated carbocycles. The number of β-amino-alcohol motifs (C(OH)–C–C–N with tert-alkyl or cyclic N) is 2. The third-order valence-electron chi connectivity index (χ3n) is 14.4.